The highest BCUT2D eigenvalue weighted by molar-refractivity contribution is 5.73. The van der Waals surface area contributed by atoms with Gasteiger partial charge >= 0.3 is 6.03 Å². The van der Waals surface area contributed by atoms with Crippen molar-refractivity contribution in [1.82, 2.24) is 15.5 Å². The Morgan fingerprint density at radius 1 is 1.24 bits per heavy atom. The van der Waals surface area contributed by atoms with E-state index in [1.165, 1.54) is 0 Å². The van der Waals surface area contributed by atoms with Gasteiger partial charge in [-0.2, -0.15) is 0 Å². The summed E-state index contributed by atoms with van der Waals surface area (Å²) in [5.41, 5.74) is 0. The first-order chi connectivity index (χ1) is 10.2. The van der Waals surface area contributed by atoms with E-state index in [0.717, 1.165) is 45.9 Å². The molecule has 0 saturated carbocycles. The molecule has 2 heterocycles. The number of hydrogen-bond donors (Lipinski definition) is 3. The van der Waals surface area contributed by atoms with Crippen LogP contribution in [0.3, 0.4) is 0 Å². The normalized spacial score (nSPS) is 26.3. The molecule has 0 aromatic rings. The lowest BCUT2D eigenvalue weighted by molar-refractivity contribution is 0.00211. The number of morpholine rings is 1. The van der Waals surface area contributed by atoms with Crippen molar-refractivity contribution in [2.75, 3.05) is 52.6 Å². The summed E-state index contributed by atoms with van der Waals surface area (Å²) >= 11 is 0. The van der Waals surface area contributed by atoms with Crippen LogP contribution in [0.2, 0.25) is 0 Å². The lowest BCUT2D eigenvalue weighted by Crippen LogP contribution is -2.53. The molecule has 2 rings (SSSR count). The molecule has 2 aliphatic rings. The molecule has 7 nitrogen and oxygen atoms in total. The van der Waals surface area contributed by atoms with Crippen molar-refractivity contribution in [3.8, 4) is 0 Å². The molecule has 0 unspecified atom stereocenters. The Morgan fingerprint density at radius 2 is 1.95 bits per heavy atom. The van der Waals surface area contributed by atoms with E-state index in [4.69, 9.17) is 9.47 Å². The molecule has 0 aromatic heterocycles. The Bertz CT molecular complexity index is 315. The third-order valence-electron chi connectivity index (χ3n) is 4.05. The smallest absolute Gasteiger partial charge is 0.314 e. The SMILES string of the molecule is C[C@H](O)CNC(=O)NC[C@H]([C@@H]1CCOC1)N1CCOCC1. The predicted molar refractivity (Wildman–Crippen MR) is 78.2 cm³/mol. The minimum atomic E-state index is -0.533. The molecule has 122 valence electrons. The number of carbonyl (C=O) groups is 1. The summed E-state index contributed by atoms with van der Waals surface area (Å²) in [5, 5.41) is 14.7. The molecule has 0 bridgehead atoms. The van der Waals surface area contributed by atoms with Gasteiger partial charge in [0.05, 0.1) is 25.9 Å². The molecule has 21 heavy (non-hydrogen) atoms. The third kappa shape index (κ3) is 5.43. The van der Waals surface area contributed by atoms with Crippen molar-refractivity contribution in [1.29, 1.82) is 0 Å². The number of rotatable bonds is 6. The van der Waals surface area contributed by atoms with Gasteiger partial charge in [0.15, 0.2) is 0 Å². The summed E-state index contributed by atoms with van der Waals surface area (Å²) < 4.78 is 10.9. The van der Waals surface area contributed by atoms with Crippen LogP contribution < -0.4 is 10.6 Å². The second-order valence-electron chi connectivity index (χ2n) is 5.78. The monoisotopic (exact) mass is 301 g/mol. The van der Waals surface area contributed by atoms with E-state index in [1.54, 1.807) is 6.92 Å². The highest BCUT2D eigenvalue weighted by Crippen LogP contribution is 2.21. The molecule has 2 amide bonds. The maximum absolute atomic E-state index is 11.7. The number of aliphatic hydroxyl groups is 1. The van der Waals surface area contributed by atoms with Crippen molar-refractivity contribution in [2.24, 2.45) is 5.92 Å². The van der Waals surface area contributed by atoms with Crippen molar-refractivity contribution in [2.45, 2.75) is 25.5 Å². The van der Waals surface area contributed by atoms with Gasteiger partial charge in [-0.1, -0.05) is 0 Å². The minimum Gasteiger partial charge on any atom is -0.392 e. The zero-order valence-corrected chi connectivity index (χ0v) is 12.7. The van der Waals surface area contributed by atoms with Crippen LogP contribution in [0.15, 0.2) is 0 Å². The van der Waals surface area contributed by atoms with Crippen LogP contribution in [0.1, 0.15) is 13.3 Å². The lowest BCUT2D eigenvalue weighted by Gasteiger charge is -2.37. The van der Waals surface area contributed by atoms with Gasteiger partial charge in [-0.3, -0.25) is 4.90 Å². The van der Waals surface area contributed by atoms with Crippen molar-refractivity contribution >= 4 is 6.03 Å². The maximum atomic E-state index is 11.7. The highest BCUT2D eigenvalue weighted by Gasteiger charge is 2.31. The Kier molecular flexibility index (Phi) is 6.69. The minimum absolute atomic E-state index is 0.229. The molecular weight excluding hydrogens is 274 g/mol. The van der Waals surface area contributed by atoms with Gasteiger partial charge in [-0.15, -0.1) is 0 Å². The zero-order chi connectivity index (χ0) is 15.1. The van der Waals surface area contributed by atoms with Gasteiger partial charge in [-0.05, 0) is 13.3 Å². The number of ether oxygens (including phenoxy) is 2. The van der Waals surface area contributed by atoms with Crippen LogP contribution in [-0.4, -0.2) is 80.8 Å². The molecule has 0 aromatic carbocycles. The molecule has 0 aliphatic carbocycles. The van der Waals surface area contributed by atoms with E-state index in [0.29, 0.717) is 12.5 Å². The van der Waals surface area contributed by atoms with E-state index >= 15 is 0 Å². The van der Waals surface area contributed by atoms with Crippen LogP contribution in [0, 0.1) is 5.92 Å². The van der Waals surface area contributed by atoms with Crippen molar-refractivity contribution in [3.05, 3.63) is 0 Å². The predicted octanol–water partition coefficient (Wildman–Crippen LogP) is -0.596. The zero-order valence-electron chi connectivity index (χ0n) is 12.7. The Labute approximate surface area is 126 Å². The number of carbonyl (C=O) groups excluding carboxylic acids is 1. The van der Waals surface area contributed by atoms with Crippen LogP contribution >= 0.6 is 0 Å². The first-order valence-electron chi connectivity index (χ1n) is 7.76. The second-order valence-corrected chi connectivity index (χ2v) is 5.78. The molecule has 3 atom stereocenters. The first kappa shape index (κ1) is 16.5. The summed E-state index contributed by atoms with van der Waals surface area (Å²) in [6.07, 6.45) is 0.507. The van der Waals surface area contributed by atoms with Crippen LogP contribution in [0.4, 0.5) is 4.79 Å². The fraction of sp³-hybridized carbons (Fsp3) is 0.929. The van der Waals surface area contributed by atoms with Gasteiger partial charge in [0.2, 0.25) is 0 Å². The molecule has 3 N–H and O–H groups in total. The van der Waals surface area contributed by atoms with Crippen LogP contribution in [-0.2, 0) is 9.47 Å². The van der Waals surface area contributed by atoms with Gasteiger partial charge in [0.25, 0.3) is 0 Å². The van der Waals surface area contributed by atoms with E-state index < -0.39 is 6.10 Å². The average molecular weight is 301 g/mol. The quantitative estimate of drug-likeness (QED) is 0.610. The summed E-state index contributed by atoms with van der Waals surface area (Å²) in [5.74, 6) is 0.458. The van der Waals surface area contributed by atoms with E-state index in [-0.39, 0.29) is 18.6 Å². The molecule has 2 aliphatic heterocycles. The number of aliphatic hydroxyl groups excluding tert-OH is 1. The van der Waals surface area contributed by atoms with Gasteiger partial charge in [0.1, 0.15) is 0 Å². The summed E-state index contributed by atoms with van der Waals surface area (Å²) in [6.45, 7) is 7.37. The average Bonchev–Trinajstić information content (AvgIpc) is 3.00. The molecule has 2 saturated heterocycles. The highest BCUT2D eigenvalue weighted by atomic mass is 16.5. The molecule has 0 radical (unpaired) electrons. The van der Waals surface area contributed by atoms with E-state index in [1.807, 2.05) is 0 Å². The summed E-state index contributed by atoms with van der Waals surface area (Å²) in [4.78, 5) is 14.1. The topological polar surface area (TPSA) is 83.1 Å². The van der Waals surface area contributed by atoms with Crippen molar-refractivity contribution in [3.63, 3.8) is 0 Å². The molecule has 2 fully saturated rings. The number of hydrogen-bond acceptors (Lipinski definition) is 5. The second kappa shape index (κ2) is 8.53. The summed E-state index contributed by atoms with van der Waals surface area (Å²) in [6, 6.07) is 0.0572. The maximum Gasteiger partial charge on any atom is 0.314 e. The fourth-order valence-electron chi connectivity index (χ4n) is 2.86. The summed E-state index contributed by atoms with van der Waals surface area (Å²) in [7, 11) is 0. The Morgan fingerprint density at radius 3 is 2.57 bits per heavy atom. The Balaban J connectivity index is 1.81. The van der Waals surface area contributed by atoms with E-state index in [2.05, 4.69) is 15.5 Å². The van der Waals surface area contributed by atoms with Crippen LogP contribution in [0.5, 0.6) is 0 Å². The van der Waals surface area contributed by atoms with E-state index in [9.17, 15) is 9.90 Å². The number of nitrogens with one attached hydrogen (secondary N) is 2. The van der Waals surface area contributed by atoms with Gasteiger partial charge in [0, 0.05) is 44.7 Å². The number of nitrogens with zero attached hydrogens (tertiary/aromatic N) is 1. The Hall–Kier alpha value is -0.890. The molecule has 7 heteroatoms. The van der Waals surface area contributed by atoms with Gasteiger partial charge in [-0.25, -0.2) is 4.79 Å². The fourth-order valence-corrected chi connectivity index (χ4v) is 2.86. The standard InChI is InChI=1S/C14H27N3O4/c1-11(18)8-15-14(19)16-9-13(12-2-5-21-10-12)17-3-6-20-7-4-17/h11-13,18H,2-10H2,1H3,(H2,15,16,19)/t11-,12+,13+/m0/s1. The lowest BCUT2D eigenvalue weighted by atomic mass is 9.97. The van der Waals surface area contributed by atoms with Crippen LogP contribution in [0.25, 0.3) is 0 Å². The number of amides is 2. The largest absolute Gasteiger partial charge is 0.392 e. The first-order valence-corrected chi connectivity index (χ1v) is 7.76. The molecular formula is C14H27N3O4. The third-order valence-corrected chi connectivity index (χ3v) is 4.05. The molecule has 0 spiro atoms. The van der Waals surface area contributed by atoms with Crippen molar-refractivity contribution < 1.29 is 19.4 Å². The number of urea groups is 1. The van der Waals surface area contributed by atoms with Gasteiger partial charge < -0.3 is 25.2 Å².